The van der Waals surface area contributed by atoms with Crippen LogP contribution in [0.4, 0.5) is 0 Å². The van der Waals surface area contributed by atoms with E-state index < -0.39 is 0 Å². The van der Waals surface area contributed by atoms with Gasteiger partial charge in [-0.15, -0.1) is 0 Å². The van der Waals surface area contributed by atoms with Gasteiger partial charge in [0.05, 0.1) is 18.8 Å². The zero-order valence-electron chi connectivity index (χ0n) is 13.4. The van der Waals surface area contributed by atoms with Crippen molar-refractivity contribution in [2.24, 2.45) is 5.92 Å². The van der Waals surface area contributed by atoms with Crippen LogP contribution < -0.4 is 5.32 Å². The third kappa shape index (κ3) is 7.30. The topological polar surface area (TPSA) is 41.5 Å². The van der Waals surface area contributed by atoms with Gasteiger partial charge in [0, 0.05) is 12.6 Å². The molecule has 1 aliphatic carbocycles. The first kappa shape index (κ1) is 18.3. The molecule has 0 aliphatic heterocycles. The monoisotopic (exact) mass is 303 g/mol. The SMILES string of the molecule is CCC1CCCCC1OCC(O)CNC(C)CCSC. The number of aliphatic hydroxyl groups excluding tert-OH is 1. The van der Waals surface area contributed by atoms with Crippen LogP contribution in [-0.4, -0.2) is 48.5 Å². The molecule has 4 unspecified atom stereocenters. The summed E-state index contributed by atoms with van der Waals surface area (Å²) in [5, 5.41) is 13.4. The van der Waals surface area contributed by atoms with Gasteiger partial charge in [-0.1, -0.05) is 26.2 Å². The summed E-state index contributed by atoms with van der Waals surface area (Å²) in [6.45, 7) is 5.54. The van der Waals surface area contributed by atoms with E-state index in [-0.39, 0.29) is 6.10 Å². The fourth-order valence-electron chi connectivity index (χ4n) is 2.89. The molecule has 0 heterocycles. The number of ether oxygens (including phenoxy) is 1. The first-order chi connectivity index (χ1) is 9.67. The van der Waals surface area contributed by atoms with Gasteiger partial charge in [0.25, 0.3) is 0 Å². The lowest BCUT2D eigenvalue weighted by molar-refractivity contribution is -0.0502. The molecular formula is C16H33NO2S. The third-order valence-electron chi connectivity index (χ3n) is 4.32. The predicted octanol–water partition coefficient (Wildman–Crippen LogP) is 3.06. The molecule has 4 atom stereocenters. The maximum atomic E-state index is 10.0. The van der Waals surface area contributed by atoms with Gasteiger partial charge in [0.15, 0.2) is 0 Å². The van der Waals surface area contributed by atoms with Crippen LogP contribution in [0, 0.1) is 5.92 Å². The minimum Gasteiger partial charge on any atom is -0.389 e. The van der Waals surface area contributed by atoms with Gasteiger partial charge in [0.1, 0.15) is 0 Å². The molecule has 0 aromatic rings. The van der Waals surface area contributed by atoms with Crippen LogP contribution in [0.2, 0.25) is 0 Å². The van der Waals surface area contributed by atoms with Crippen molar-refractivity contribution in [3.05, 3.63) is 0 Å². The van der Waals surface area contributed by atoms with Gasteiger partial charge in [-0.3, -0.25) is 0 Å². The number of thioether (sulfide) groups is 1. The van der Waals surface area contributed by atoms with Crippen LogP contribution >= 0.6 is 11.8 Å². The number of aliphatic hydroxyl groups is 1. The van der Waals surface area contributed by atoms with Crippen molar-refractivity contribution in [1.82, 2.24) is 5.32 Å². The van der Waals surface area contributed by atoms with Crippen LogP contribution in [0.15, 0.2) is 0 Å². The van der Waals surface area contributed by atoms with Gasteiger partial charge in [-0.25, -0.2) is 0 Å². The number of hydrogen-bond acceptors (Lipinski definition) is 4. The van der Waals surface area contributed by atoms with E-state index in [0.29, 0.717) is 31.2 Å². The van der Waals surface area contributed by atoms with Crippen LogP contribution in [0.1, 0.15) is 52.4 Å². The van der Waals surface area contributed by atoms with E-state index in [0.717, 1.165) is 6.42 Å². The Kier molecular flexibility index (Phi) is 9.95. The second kappa shape index (κ2) is 10.9. The molecule has 1 fully saturated rings. The Hall–Kier alpha value is 0.230. The quantitative estimate of drug-likeness (QED) is 0.651. The van der Waals surface area contributed by atoms with Gasteiger partial charge in [0.2, 0.25) is 0 Å². The first-order valence-corrected chi connectivity index (χ1v) is 9.58. The van der Waals surface area contributed by atoms with E-state index in [9.17, 15) is 5.11 Å². The Balaban J connectivity index is 2.13. The summed E-state index contributed by atoms with van der Waals surface area (Å²) in [6, 6.07) is 0.468. The number of nitrogens with one attached hydrogen (secondary N) is 1. The van der Waals surface area contributed by atoms with Crippen LogP contribution in [0.25, 0.3) is 0 Å². The molecule has 0 aromatic heterocycles. The van der Waals surface area contributed by atoms with Gasteiger partial charge < -0.3 is 15.2 Å². The van der Waals surface area contributed by atoms with Crippen molar-refractivity contribution in [2.45, 2.75) is 70.6 Å². The number of rotatable bonds is 10. The lowest BCUT2D eigenvalue weighted by Gasteiger charge is -2.31. The van der Waals surface area contributed by atoms with E-state index in [4.69, 9.17) is 4.74 Å². The zero-order chi connectivity index (χ0) is 14.8. The highest BCUT2D eigenvalue weighted by atomic mass is 32.2. The summed E-state index contributed by atoms with van der Waals surface area (Å²) in [6.07, 6.45) is 9.55. The Morgan fingerprint density at radius 2 is 2.10 bits per heavy atom. The summed E-state index contributed by atoms with van der Waals surface area (Å²) in [7, 11) is 0. The molecule has 1 aliphatic rings. The first-order valence-electron chi connectivity index (χ1n) is 8.19. The van der Waals surface area contributed by atoms with Crippen molar-refractivity contribution in [1.29, 1.82) is 0 Å². The lowest BCUT2D eigenvalue weighted by Crippen LogP contribution is -2.38. The molecule has 4 heteroatoms. The molecule has 20 heavy (non-hydrogen) atoms. The fraction of sp³-hybridized carbons (Fsp3) is 1.00. The largest absolute Gasteiger partial charge is 0.389 e. The summed E-state index contributed by atoms with van der Waals surface area (Å²) in [5.74, 6) is 1.87. The van der Waals surface area contributed by atoms with Gasteiger partial charge >= 0.3 is 0 Å². The molecule has 2 N–H and O–H groups in total. The van der Waals surface area contributed by atoms with E-state index in [1.807, 2.05) is 11.8 Å². The van der Waals surface area contributed by atoms with E-state index in [2.05, 4.69) is 25.4 Å². The lowest BCUT2D eigenvalue weighted by atomic mass is 9.85. The normalized spacial score (nSPS) is 26.4. The molecule has 0 saturated heterocycles. The molecule has 3 nitrogen and oxygen atoms in total. The highest BCUT2D eigenvalue weighted by Crippen LogP contribution is 2.29. The Labute approximate surface area is 129 Å². The van der Waals surface area contributed by atoms with Crippen LogP contribution in [0.5, 0.6) is 0 Å². The average Bonchev–Trinajstić information content (AvgIpc) is 2.48. The average molecular weight is 304 g/mol. The summed E-state index contributed by atoms with van der Waals surface area (Å²) >= 11 is 1.87. The number of hydrogen-bond donors (Lipinski definition) is 2. The summed E-state index contributed by atoms with van der Waals surface area (Å²) in [5.41, 5.74) is 0. The fourth-order valence-corrected chi connectivity index (χ4v) is 3.48. The Morgan fingerprint density at radius 3 is 2.80 bits per heavy atom. The third-order valence-corrected chi connectivity index (χ3v) is 4.97. The molecule has 0 aromatic carbocycles. The molecule has 1 rings (SSSR count). The molecule has 120 valence electrons. The Morgan fingerprint density at radius 1 is 1.35 bits per heavy atom. The maximum Gasteiger partial charge on any atom is 0.0897 e. The van der Waals surface area contributed by atoms with Crippen molar-refractivity contribution in [3.63, 3.8) is 0 Å². The minimum atomic E-state index is -0.383. The second-order valence-electron chi connectivity index (χ2n) is 6.07. The Bertz CT molecular complexity index is 241. The minimum absolute atomic E-state index is 0.373. The summed E-state index contributed by atoms with van der Waals surface area (Å²) in [4.78, 5) is 0. The highest BCUT2D eigenvalue weighted by molar-refractivity contribution is 7.98. The van der Waals surface area contributed by atoms with E-state index in [1.54, 1.807) is 0 Å². The molecule has 0 spiro atoms. The second-order valence-corrected chi connectivity index (χ2v) is 7.05. The zero-order valence-corrected chi connectivity index (χ0v) is 14.3. The smallest absolute Gasteiger partial charge is 0.0897 e. The molecule has 0 amide bonds. The van der Waals surface area contributed by atoms with Crippen molar-refractivity contribution < 1.29 is 9.84 Å². The highest BCUT2D eigenvalue weighted by Gasteiger charge is 2.24. The molecule has 0 bridgehead atoms. The van der Waals surface area contributed by atoms with Gasteiger partial charge in [-0.05, 0) is 44.1 Å². The predicted molar refractivity (Wildman–Crippen MR) is 88.5 cm³/mol. The van der Waals surface area contributed by atoms with Crippen LogP contribution in [0.3, 0.4) is 0 Å². The van der Waals surface area contributed by atoms with E-state index in [1.165, 1.54) is 37.9 Å². The van der Waals surface area contributed by atoms with Gasteiger partial charge in [-0.2, -0.15) is 11.8 Å². The molecule has 1 saturated carbocycles. The standard InChI is InChI=1S/C16H33NO2S/c1-4-14-7-5-6-8-16(14)19-12-15(18)11-17-13(2)9-10-20-3/h13-18H,4-12H2,1-3H3. The summed E-state index contributed by atoms with van der Waals surface area (Å²) < 4.78 is 5.97. The van der Waals surface area contributed by atoms with E-state index >= 15 is 0 Å². The van der Waals surface area contributed by atoms with Crippen LogP contribution in [-0.2, 0) is 4.74 Å². The van der Waals surface area contributed by atoms with Crippen molar-refractivity contribution in [2.75, 3.05) is 25.2 Å². The van der Waals surface area contributed by atoms with Crippen molar-refractivity contribution in [3.8, 4) is 0 Å². The molecular weight excluding hydrogens is 270 g/mol. The molecule has 0 radical (unpaired) electrons. The maximum absolute atomic E-state index is 10.0. The van der Waals surface area contributed by atoms with Crippen molar-refractivity contribution >= 4 is 11.8 Å².